The summed E-state index contributed by atoms with van der Waals surface area (Å²) in [4.78, 5) is 19.0. The summed E-state index contributed by atoms with van der Waals surface area (Å²) in [5.41, 5.74) is 3.02. The average molecular weight is 431 g/mol. The molecule has 0 atom stereocenters. The average Bonchev–Trinajstić information content (AvgIpc) is 2.69. The van der Waals surface area contributed by atoms with Crippen LogP contribution in [-0.2, 0) is 14.8 Å². The minimum absolute atomic E-state index is 0.122. The molecule has 0 unspecified atom stereocenters. The Morgan fingerprint density at radius 2 is 1.93 bits per heavy atom. The first-order valence-electron chi connectivity index (χ1n) is 8.76. The van der Waals surface area contributed by atoms with Gasteiger partial charge in [0.05, 0.1) is 16.3 Å². The second-order valence-electron chi connectivity index (χ2n) is 6.57. The van der Waals surface area contributed by atoms with Crippen LogP contribution < -0.4 is 5.32 Å². The predicted molar refractivity (Wildman–Crippen MR) is 119 cm³/mol. The summed E-state index contributed by atoms with van der Waals surface area (Å²) < 4.78 is 25.6. The molecule has 2 aromatic carbocycles. The zero-order valence-corrected chi connectivity index (χ0v) is 18.0. The van der Waals surface area contributed by atoms with Crippen LogP contribution in [0.25, 0.3) is 5.70 Å². The quantitative estimate of drug-likeness (QED) is 0.788. The number of carbonyl (C=O) groups excluding carboxylic acids is 1. The van der Waals surface area contributed by atoms with Crippen LogP contribution >= 0.6 is 11.8 Å². The highest BCUT2D eigenvalue weighted by molar-refractivity contribution is 8.14. The summed E-state index contributed by atoms with van der Waals surface area (Å²) in [6, 6.07) is 13.9. The summed E-state index contributed by atoms with van der Waals surface area (Å²) in [6.45, 7) is 4.10. The number of amidine groups is 1. The first kappa shape index (κ1) is 21.1. The zero-order chi connectivity index (χ0) is 21.2. The van der Waals surface area contributed by atoms with Crippen molar-refractivity contribution < 1.29 is 13.2 Å². The number of aliphatic imine (C=N–C) groups is 1. The van der Waals surface area contributed by atoms with Crippen molar-refractivity contribution in [1.29, 1.82) is 0 Å². The number of sulfonamides is 1. The van der Waals surface area contributed by atoms with Crippen molar-refractivity contribution in [3.63, 3.8) is 0 Å². The molecule has 152 valence electrons. The van der Waals surface area contributed by atoms with E-state index in [1.165, 1.54) is 38.0 Å². The second-order valence-corrected chi connectivity index (χ2v) is 9.66. The molecule has 0 saturated heterocycles. The van der Waals surface area contributed by atoms with Crippen LogP contribution in [0.2, 0.25) is 0 Å². The van der Waals surface area contributed by atoms with Gasteiger partial charge in [-0.05, 0) is 24.3 Å². The first-order chi connectivity index (χ1) is 13.7. The number of thioether (sulfide) groups is 1. The molecule has 0 saturated carbocycles. The van der Waals surface area contributed by atoms with Crippen LogP contribution in [-0.4, -0.2) is 55.6 Å². The summed E-state index contributed by atoms with van der Waals surface area (Å²) >= 11 is 1.29. The van der Waals surface area contributed by atoms with E-state index in [1.807, 2.05) is 36.2 Å². The molecule has 0 spiro atoms. The normalized spacial score (nSPS) is 13.9. The van der Waals surface area contributed by atoms with Crippen molar-refractivity contribution in [3.05, 3.63) is 60.7 Å². The van der Waals surface area contributed by atoms with Crippen molar-refractivity contribution in [1.82, 2.24) is 9.21 Å². The van der Waals surface area contributed by atoms with E-state index in [0.29, 0.717) is 10.9 Å². The topological polar surface area (TPSA) is 82.1 Å². The van der Waals surface area contributed by atoms with Gasteiger partial charge in [-0.1, -0.05) is 42.6 Å². The zero-order valence-electron chi connectivity index (χ0n) is 16.4. The number of benzene rings is 2. The molecule has 1 heterocycles. The maximum Gasteiger partial charge on any atom is 0.242 e. The van der Waals surface area contributed by atoms with Gasteiger partial charge >= 0.3 is 0 Å². The number of hydrogen-bond acceptors (Lipinski definition) is 6. The Balaban J connectivity index is 1.68. The molecule has 0 fully saturated rings. The van der Waals surface area contributed by atoms with Gasteiger partial charge in [-0.2, -0.15) is 0 Å². The van der Waals surface area contributed by atoms with Gasteiger partial charge in [-0.15, -0.1) is 0 Å². The van der Waals surface area contributed by atoms with Gasteiger partial charge in [0, 0.05) is 38.1 Å². The van der Waals surface area contributed by atoms with Crippen molar-refractivity contribution in [2.24, 2.45) is 4.99 Å². The van der Waals surface area contributed by atoms with Gasteiger partial charge in [-0.3, -0.25) is 4.79 Å². The molecule has 1 N–H and O–H groups in total. The Morgan fingerprint density at radius 3 is 2.66 bits per heavy atom. The monoisotopic (exact) mass is 430 g/mol. The smallest absolute Gasteiger partial charge is 0.242 e. The lowest BCUT2D eigenvalue weighted by atomic mass is 10.1. The molecule has 0 aliphatic carbocycles. The number of anilines is 1. The van der Waals surface area contributed by atoms with E-state index in [4.69, 9.17) is 0 Å². The molecular formula is C20H22N4O3S2. The number of nitrogens with one attached hydrogen (secondary N) is 1. The number of nitrogens with zero attached hydrogens (tertiary/aromatic N) is 3. The van der Waals surface area contributed by atoms with E-state index < -0.39 is 10.0 Å². The molecule has 1 aliphatic heterocycles. The first-order valence-corrected chi connectivity index (χ1v) is 11.2. The molecule has 1 aliphatic rings. The summed E-state index contributed by atoms with van der Waals surface area (Å²) in [5.74, 6) is -0.126. The lowest BCUT2D eigenvalue weighted by Gasteiger charge is -2.28. The van der Waals surface area contributed by atoms with E-state index >= 15 is 0 Å². The van der Waals surface area contributed by atoms with Crippen LogP contribution in [0.1, 0.15) is 5.56 Å². The molecule has 29 heavy (non-hydrogen) atoms. The fourth-order valence-electron chi connectivity index (χ4n) is 2.69. The molecule has 2 aromatic rings. The third-order valence-electron chi connectivity index (χ3n) is 4.35. The Kier molecular flexibility index (Phi) is 6.11. The Labute approximate surface area is 175 Å². The van der Waals surface area contributed by atoms with Crippen molar-refractivity contribution >= 4 is 49.9 Å². The lowest BCUT2D eigenvalue weighted by Crippen LogP contribution is -2.27. The molecule has 1 amide bonds. The Bertz CT molecular complexity index is 1090. The minimum Gasteiger partial charge on any atom is -0.325 e. The number of rotatable bonds is 5. The SMILES string of the molecule is C=C1c2ccccc2N=C(SCC(=O)Nc2cccc(S(=O)(=O)N(C)C)c2)N1C. The molecule has 0 radical (unpaired) electrons. The van der Waals surface area contributed by atoms with Crippen LogP contribution in [0.15, 0.2) is 65.0 Å². The van der Waals surface area contributed by atoms with Gasteiger partial charge in [0.2, 0.25) is 15.9 Å². The highest BCUT2D eigenvalue weighted by atomic mass is 32.2. The van der Waals surface area contributed by atoms with Crippen LogP contribution in [0.3, 0.4) is 0 Å². The third kappa shape index (κ3) is 4.52. The van der Waals surface area contributed by atoms with E-state index in [1.54, 1.807) is 12.1 Å². The summed E-state index contributed by atoms with van der Waals surface area (Å²) in [5, 5.41) is 3.41. The van der Waals surface area contributed by atoms with Crippen molar-refractivity contribution in [3.8, 4) is 0 Å². The van der Waals surface area contributed by atoms with Gasteiger partial charge in [0.25, 0.3) is 0 Å². The Morgan fingerprint density at radius 1 is 1.21 bits per heavy atom. The number of amides is 1. The van der Waals surface area contributed by atoms with Crippen LogP contribution in [0.4, 0.5) is 11.4 Å². The Hall–Kier alpha value is -2.62. The predicted octanol–water partition coefficient (Wildman–Crippen LogP) is 3.21. The summed E-state index contributed by atoms with van der Waals surface area (Å²) in [6.07, 6.45) is 0. The van der Waals surface area contributed by atoms with E-state index in [2.05, 4.69) is 16.9 Å². The number of para-hydroxylation sites is 1. The fourth-order valence-corrected chi connectivity index (χ4v) is 4.44. The van der Waals surface area contributed by atoms with E-state index in [-0.39, 0.29) is 16.6 Å². The van der Waals surface area contributed by atoms with Crippen LogP contribution in [0, 0.1) is 0 Å². The van der Waals surface area contributed by atoms with E-state index in [9.17, 15) is 13.2 Å². The standard InChI is InChI=1S/C20H22N4O3S2/c1-14-17-10-5-6-11-18(17)22-20(24(14)4)28-13-19(25)21-15-8-7-9-16(12-15)29(26,27)23(2)3/h5-12H,1,13H2,2-4H3,(H,21,25). The number of fused-ring (bicyclic) bond motifs is 1. The molecule has 0 aromatic heterocycles. The molecule has 9 heteroatoms. The minimum atomic E-state index is -3.57. The van der Waals surface area contributed by atoms with Crippen molar-refractivity contribution in [2.75, 3.05) is 32.2 Å². The molecular weight excluding hydrogens is 408 g/mol. The molecule has 3 rings (SSSR count). The van der Waals surface area contributed by atoms with Crippen molar-refractivity contribution in [2.45, 2.75) is 4.90 Å². The second kappa shape index (κ2) is 8.40. The lowest BCUT2D eigenvalue weighted by molar-refractivity contribution is -0.113. The maximum atomic E-state index is 12.4. The number of carbonyl (C=O) groups is 1. The molecule has 0 bridgehead atoms. The van der Waals surface area contributed by atoms with E-state index in [0.717, 1.165) is 21.3 Å². The highest BCUT2D eigenvalue weighted by Gasteiger charge is 2.22. The van der Waals surface area contributed by atoms with Gasteiger partial charge in [-0.25, -0.2) is 17.7 Å². The van der Waals surface area contributed by atoms with Gasteiger partial charge < -0.3 is 10.2 Å². The highest BCUT2D eigenvalue weighted by Crippen LogP contribution is 2.34. The number of hydrogen-bond donors (Lipinski definition) is 1. The molecule has 7 nitrogen and oxygen atoms in total. The fraction of sp³-hybridized carbons (Fsp3) is 0.200. The summed E-state index contributed by atoms with van der Waals surface area (Å²) in [7, 11) is 1.22. The van der Waals surface area contributed by atoms with Gasteiger partial charge in [0.15, 0.2) is 5.17 Å². The largest absolute Gasteiger partial charge is 0.325 e. The third-order valence-corrected chi connectivity index (χ3v) is 7.19. The van der Waals surface area contributed by atoms with Crippen LogP contribution in [0.5, 0.6) is 0 Å². The maximum absolute atomic E-state index is 12.4. The van der Waals surface area contributed by atoms with Gasteiger partial charge in [0.1, 0.15) is 0 Å².